The van der Waals surface area contributed by atoms with Crippen molar-refractivity contribution in [3.8, 4) is 11.6 Å². The third-order valence-corrected chi connectivity index (χ3v) is 3.63. The van der Waals surface area contributed by atoms with Crippen LogP contribution in [0.3, 0.4) is 0 Å². The number of hydrogen-bond donors (Lipinski definition) is 3. The minimum atomic E-state index is -0.609. The molecular weight excluding hydrogens is 316 g/mol. The van der Waals surface area contributed by atoms with Gasteiger partial charge in [-0.15, -0.1) is 10.2 Å². The highest BCUT2D eigenvalue weighted by atomic mass is 16.6. The van der Waals surface area contributed by atoms with Crippen molar-refractivity contribution in [2.45, 2.75) is 6.92 Å². The van der Waals surface area contributed by atoms with Crippen LogP contribution < -0.4 is 16.7 Å². The number of hydrogen-bond acceptors (Lipinski definition) is 9. The van der Waals surface area contributed by atoms with E-state index in [4.69, 9.17) is 10.3 Å². The topological polar surface area (TPSA) is 140 Å². The highest BCUT2D eigenvalue weighted by molar-refractivity contribution is 5.62. The molecule has 0 aromatic carbocycles. The fraction of sp³-hybridized carbons (Fsp3) is 0.231. The number of rotatable bonds is 4. The number of aromatic nitrogens is 3. The maximum absolute atomic E-state index is 10.8. The first-order chi connectivity index (χ1) is 11.4. The summed E-state index contributed by atoms with van der Waals surface area (Å²) < 4.78 is 6.78. The predicted octanol–water partition coefficient (Wildman–Crippen LogP) is 0.601. The zero-order valence-electron chi connectivity index (χ0n) is 13.3. The molecule has 2 aromatic heterocycles. The van der Waals surface area contributed by atoms with E-state index in [1.165, 1.54) is 12.1 Å². The predicted molar refractivity (Wildman–Crippen MR) is 85.4 cm³/mol. The SMILES string of the molecule is CC(=C1Nn2c(nnc2-c2ccc([N+](=O)[O-])o2)C=C1NN)N(C)C. The number of nitrogens with two attached hydrogens (primary N) is 1. The molecule has 24 heavy (non-hydrogen) atoms. The summed E-state index contributed by atoms with van der Waals surface area (Å²) in [5, 5.41) is 18.8. The van der Waals surface area contributed by atoms with Crippen molar-refractivity contribution >= 4 is 12.0 Å². The number of nitrogens with one attached hydrogen (secondary N) is 2. The van der Waals surface area contributed by atoms with Crippen LogP contribution in [0.5, 0.6) is 0 Å². The molecule has 0 aliphatic carbocycles. The van der Waals surface area contributed by atoms with Crippen LogP contribution in [0.25, 0.3) is 17.7 Å². The van der Waals surface area contributed by atoms with Gasteiger partial charge in [0.1, 0.15) is 4.92 Å². The lowest BCUT2D eigenvalue weighted by Crippen LogP contribution is -2.33. The maximum Gasteiger partial charge on any atom is 0.433 e. The molecule has 3 rings (SSSR count). The number of hydrazine groups is 1. The Balaban J connectivity index is 2.09. The molecule has 0 atom stereocenters. The van der Waals surface area contributed by atoms with Gasteiger partial charge in [0.2, 0.25) is 5.82 Å². The van der Waals surface area contributed by atoms with E-state index in [9.17, 15) is 10.1 Å². The van der Waals surface area contributed by atoms with Gasteiger partial charge in [-0.25, -0.2) is 4.68 Å². The van der Waals surface area contributed by atoms with Crippen LogP contribution in [0.15, 0.2) is 33.6 Å². The zero-order valence-corrected chi connectivity index (χ0v) is 13.3. The molecule has 2 aromatic rings. The molecule has 0 saturated carbocycles. The van der Waals surface area contributed by atoms with Crippen molar-refractivity contribution in [2.75, 3.05) is 19.5 Å². The summed E-state index contributed by atoms with van der Waals surface area (Å²) >= 11 is 0. The molecule has 3 heterocycles. The van der Waals surface area contributed by atoms with Gasteiger partial charge in [-0.3, -0.25) is 21.4 Å². The molecule has 0 spiro atoms. The smallest absolute Gasteiger partial charge is 0.397 e. The lowest BCUT2D eigenvalue weighted by molar-refractivity contribution is -0.401. The minimum Gasteiger partial charge on any atom is -0.397 e. The Morgan fingerprint density at radius 1 is 1.46 bits per heavy atom. The summed E-state index contributed by atoms with van der Waals surface area (Å²) in [7, 11) is 3.80. The largest absolute Gasteiger partial charge is 0.433 e. The molecule has 0 bridgehead atoms. The summed E-state index contributed by atoms with van der Waals surface area (Å²) in [6.07, 6.45) is 1.71. The van der Waals surface area contributed by atoms with Crippen molar-refractivity contribution in [2.24, 2.45) is 5.84 Å². The van der Waals surface area contributed by atoms with Gasteiger partial charge in [0.05, 0.1) is 17.5 Å². The van der Waals surface area contributed by atoms with Crippen LogP contribution >= 0.6 is 0 Å². The summed E-state index contributed by atoms with van der Waals surface area (Å²) in [6, 6.07) is 2.74. The molecule has 1 aliphatic heterocycles. The van der Waals surface area contributed by atoms with Gasteiger partial charge in [0.15, 0.2) is 11.6 Å². The van der Waals surface area contributed by atoms with E-state index < -0.39 is 4.92 Å². The molecule has 0 saturated heterocycles. The first-order valence-corrected chi connectivity index (χ1v) is 6.96. The second-order valence-electron chi connectivity index (χ2n) is 5.28. The molecule has 11 heteroatoms. The number of furan rings is 1. The van der Waals surface area contributed by atoms with E-state index in [2.05, 4.69) is 21.0 Å². The van der Waals surface area contributed by atoms with Crippen LogP contribution in [0, 0.1) is 10.1 Å². The van der Waals surface area contributed by atoms with Crippen LogP contribution in [-0.2, 0) is 0 Å². The molecule has 126 valence electrons. The number of fused-ring (bicyclic) bond motifs is 1. The van der Waals surface area contributed by atoms with Gasteiger partial charge in [0.25, 0.3) is 0 Å². The Morgan fingerprint density at radius 2 is 2.21 bits per heavy atom. The molecular formula is C13H16N8O3. The first-order valence-electron chi connectivity index (χ1n) is 6.96. The van der Waals surface area contributed by atoms with Crippen LogP contribution in [0.4, 0.5) is 5.88 Å². The van der Waals surface area contributed by atoms with E-state index >= 15 is 0 Å². The van der Waals surface area contributed by atoms with E-state index in [1.807, 2.05) is 25.9 Å². The van der Waals surface area contributed by atoms with Crippen molar-refractivity contribution in [1.29, 1.82) is 0 Å². The second kappa shape index (κ2) is 5.70. The number of allylic oxidation sites excluding steroid dienone is 1. The summed E-state index contributed by atoms with van der Waals surface area (Å²) in [4.78, 5) is 12.1. The summed E-state index contributed by atoms with van der Waals surface area (Å²) in [6.45, 7) is 1.92. The van der Waals surface area contributed by atoms with Gasteiger partial charge in [-0.1, -0.05) is 0 Å². The molecule has 0 radical (unpaired) electrons. The van der Waals surface area contributed by atoms with Crippen molar-refractivity contribution in [1.82, 2.24) is 25.2 Å². The highest BCUT2D eigenvalue weighted by Gasteiger charge is 2.25. The Labute approximate surface area is 136 Å². The fourth-order valence-corrected chi connectivity index (χ4v) is 2.19. The molecule has 0 amide bonds. The lowest BCUT2D eigenvalue weighted by Gasteiger charge is -2.25. The molecule has 11 nitrogen and oxygen atoms in total. The second-order valence-corrected chi connectivity index (χ2v) is 5.28. The standard InChI is InChI=1S/C13H16N8O3/c1-7(19(2)3)12-8(15-14)6-10-16-17-13(20(10)18-12)9-4-5-11(24-9)21(22)23/h4-6,15,18H,14H2,1-3H3. The first kappa shape index (κ1) is 15.6. The zero-order chi connectivity index (χ0) is 17.4. The quantitative estimate of drug-likeness (QED) is 0.417. The van der Waals surface area contributed by atoms with Crippen molar-refractivity contribution < 1.29 is 9.34 Å². The van der Waals surface area contributed by atoms with E-state index in [-0.39, 0.29) is 11.6 Å². The third kappa shape index (κ3) is 2.46. The number of nitrogens with zero attached hydrogens (tertiary/aromatic N) is 5. The Morgan fingerprint density at radius 3 is 2.79 bits per heavy atom. The Hall–Kier alpha value is -3.34. The Kier molecular flexibility index (Phi) is 3.69. The Bertz CT molecular complexity index is 860. The molecule has 0 unspecified atom stereocenters. The normalized spacial score (nSPS) is 15.2. The lowest BCUT2D eigenvalue weighted by atomic mass is 10.2. The van der Waals surface area contributed by atoms with Crippen molar-refractivity contribution in [3.05, 3.63) is 45.2 Å². The van der Waals surface area contributed by atoms with Gasteiger partial charge >= 0.3 is 5.88 Å². The summed E-state index contributed by atoms with van der Waals surface area (Å²) in [5.74, 6) is 6.24. The van der Waals surface area contributed by atoms with Crippen LogP contribution in [-0.4, -0.2) is 38.8 Å². The van der Waals surface area contributed by atoms with E-state index in [0.717, 1.165) is 11.4 Å². The van der Waals surface area contributed by atoms with Crippen LogP contribution in [0.1, 0.15) is 12.7 Å². The molecule has 0 fully saturated rings. The van der Waals surface area contributed by atoms with Gasteiger partial charge < -0.3 is 14.7 Å². The van der Waals surface area contributed by atoms with Crippen LogP contribution in [0.2, 0.25) is 0 Å². The number of nitro groups is 1. The average molecular weight is 332 g/mol. The molecule has 1 aliphatic rings. The third-order valence-electron chi connectivity index (χ3n) is 3.63. The monoisotopic (exact) mass is 332 g/mol. The highest BCUT2D eigenvalue weighted by Crippen LogP contribution is 2.28. The van der Waals surface area contributed by atoms with E-state index in [1.54, 1.807) is 10.8 Å². The maximum atomic E-state index is 10.8. The fourth-order valence-electron chi connectivity index (χ4n) is 2.19. The van der Waals surface area contributed by atoms with Gasteiger partial charge in [0, 0.05) is 25.9 Å². The van der Waals surface area contributed by atoms with Crippen molar-refractivity contribution in [3.63, 3.8) is 0 Å². The average Bonchev–Trinajstić information content (AvgIpc) is 3.18. The summed E-state index contributed by atoms with van der Waals surface area (Å²) in [5.41, 5.74) is 8.04. The van der Waals surface area contributed by atoms with Gasteiger partial charge in [-0.2, -0.15) is 0 Å². The van der Waals surface area contributed by atoms with Gasteiger partial charge in [-0.05, 0) is 13.0 Å². The van der Waals surface area contributed by atoms with E-state index in [0.29, 0.717) is 17.3 Å². The minimum absolute atomic E-state index is 0.229. The molecule has 4 N–H and O–H groups in total.